The molecule has 0 spiro atoms. The zero-order valence-corrected chi connectivity index (χ0v) is 10.1. The number of imidazole rings is 1. The number of carbonyl (C=O) groups excluding carboxylic acids is 1. The fourth-order valence-corrected chi connectivity index (χ4v) is 2.27. The van der Waals surface area contributed by atoms with E-state index in [0.717, 1.165) is 42.8 Å². The van der Waals surface area contributed by atoms with Crippen LogP contribution in [0.4, 0.5) is 0 Å². The number of nitrogens with one attached hydrogen (secondary N) is 2. The number of aromatic amines is 1. The van der Waals surface area contributed by atoms with E-state index in [1.807, 2.05) is 18.2 Å². The Hall–Kier alpha value is -1.72. The first kappa shape index (κ1) is 11.4. The topological polar surface area (TPSA) is 61.0 Å². The number of rotatable bonds is 3. The molecular formula is C13H16N4O. The zero-order valence-electron chi connectivity index (χ0n) is 10.1. The van der Waals surface area contributed by atoms with Gasteiger partial charge in [-0.05, 0) is 18.2 Å². The molecule has 1 aliphatic rings. The van der Waals surface area contributed by atoms with Crippen LogP contribution in [0.25, 0.3) is 11.0 Å². The van der Waals surface area contributed by atoms with Crippen molar-refractivity contribution in [1.82, 2.24) is 20.2 Å². The highest BCUT2D eigenvalue weighted by Gasteiger charge is 2.15. The molecule has 5 nitrogen and oxygen atoms in total. The van der Waals surface area contributed by atoms with Gasteiger partial charge in [-0.25, -0.2) is 4.98 Å². The van der Waals surface area contributed by atoms with E-state index in [2.05, 4.69) is 20.2 Å². The smallest absolute Gasteiger partial charge is 0.176 e. The van der Waals surface area contributed by atoms with E-state index in [1.165, 1.54) is 0 Å². The molecule has 1 saturated heterocycles. The molecule has 0 radical (unpaired) electrons. The number of H-pyrrole nitrogens is 1. The van der Waals surface area contributed by atoms with Crippen molar-refractivity contribution in [2.24, 2.45) is 0 Å². The molecule has 0 atom stereocenters. The van der Waals surface area contributed by atoms with Crippen LogP contribution in [0.3, 0.4) is 0 Å². The number of benzene rings is 1. The van der Waals surface area contributed by atoms with Crippen LogP contribution in [0.15, 0.2) is 24.5 Å². The molecule has 18 heavy (non-hydrogen) atoms. The number of piperazine rings is 1. The third kappa shape index (κ3) is 2.27. The Labute approximate surface area is 105 Å². The molecule has 2 aromatic rings. The van der Waals surface area contributed by atoms with E-state index in [4.69, 9.17) is 0 Å². The summed E-state index contributed by atoms with van der Waals surface area (Å²) in [6.45, 7) is 4.32. The predicted octanol–water partition coefficient (Wildman–Crippen LogP) is 0.651. The van der Waals surface area contributed by atoms with Gasteiger partial charge in [0.1, 0.15) is 0 Å². The molecule has 0 amide bonds. The SMILES string of the molecule is O=C(CN1CCNCC1)c1ccc2nc[nH]c2c1. The van der Waals surface area contributed by atoms with Gasteiger partial charge in [0.2, 0.25) is 0 Å². The van der Waals surface area contributed by atoms with E-state index >= 15 is 0 Å². The van der Waals surface area contributed by atoms with Crippen molar-refractivity contribution in [2.75, 3.05) is 32.7 Å². The number of nitrogens with zero attached hydrogens (tertiary/aromatic N) is 2. The van der Waals surface area contributed by atoms with Crippen LogP contribution in [-0.2, 0) is 0 Å². The number of ketones is 1. The van der Waals surface area contributed by atoms with Gasteiger partial charge in [-0.2, -0.15) is 0 Å². The second-order valence-corrected chi connectivity index (χ2v) is 4.58. The summed E-state index contributed by atoms with van der Waals surface area (Å²) in [7, 11) is 0. The molecule has 1 fully saturated rings. The number of Topliss-reactive ketones (excluding diaryl/α,β-unsaturated/α-hetero) is 1. The fraction of sp³-hybridized carbons (Fsp3) is 0.385. The van der Waals surface area contributed by atoms with Crippen molar-refractivity contribution >= 4 is 16.8 Å². The summed E-state index contributed by atoms with van der Waals surface area (Å²) in [4.78, 5) is 21.6. The summed E-state index contributed by atoms with van der Waals surface area (Å²) in [6, 6.07) is 5.62. The average molecular weight is 244 g/mol. The highest BCUT2D eigenvalue weighted by Crippen LogP contribution is 2.12. The first-order valence-corrected chi connectivity index (χ1v) is 6.22. The lowest BCUT2D eigenvalue weighted by Crippen LogP contribution is -2.45. The summed E-state index contributed by atoms with van der Waals surface area (Å²) in [5.41, 5.74) is 2.57. The lowest BCUT2D eigenvalue weighted by Gasteiger charge is -2.26. The van der Waals surface area contributed by atoms with Crippen LogP contribution < -0.4 is 5.32 Å². The van der Waals surface area contributed by atoms with E-state index in [9.17, 15) is 4.79 Å². The van der Waals surface area contributed by atoms with E-state index in [-0.39, 0.29) is 5.78 Å². The molecule has 1 aromatic heterocycles. The second-order valence-electron chi connectivity index (χ2n) is 4.58. The number of carbonyl (C=O) groups is 1. The molecule has 1 aliphatic heterocycles. The molecule has 0 unspecified atom stereocenters. The minimum atomic E-state index is 0.174. The van der Waals surface area contributed by atoms with Gasteiger partial charge in [-0.1, -0.05) is 0 Å². The number of hydrogen-bond donors (Lipinski definition) is 2. The molecule has 0 bridgehead atoms. The van der Waals surface area contributed by atoms with Crippen molar-refractivity contribution in [3.63, 3.8) is 0 Å². The van der Waals surface area contributed by atoms with Crippen LogP contribution in [-0.4, -0.2) is 53.4 Å². The lowest BCUT2D eigenvalue weighted by atomic mass is 10.1. The van der Waals surface area contributed by atoms with Gasteiger partial charge < -0.3 is 10.3 Å². The van der Waals surface area contributed by atoms with Gasteiger partial charge in [0.05, 0.1) is 23.9 Å². The minimum absolute atomic E-state index is 0.174. The average Bonchev–Trinajstić information content (AvgIpc) is 2.87. The van der Waals surface area contributed by atoms with Gasteiger partial charge in [0.25, 0.3) is 0 Å². The monoisotopic (exact) mass is 244 g/mol. The van der Waals surface area contributed by atoms with Crippen LogP contribution in [0.2, 0.25) is 0 Å². The van der Waals surface area contributed by atoms with Gasteiger partial charge in [0.15, 0.2) is 5.78 Å². The van der Waals surface area contributed by atoms with Gasteiger partial charge in [-0.3, -0.25) is 9.69 Å². The summed E-state index contributed by atoms with van der Waals surface area (Å²) < 4.78 is 0. The zero-order chi connectivity index (χ0) is 12.4. The second kappa shape index (κ2) is 4.88. The Morgan fingerprint density at radius 1 is 1.33 bits per heavy atom. The molecular weight excluding hydrogens is 228 g/mol. The molecule has 5 heteroatoms. The van der Waals surface area contributed by atoms with Gasteiger partial charge >= 0.3 is 0 Å². The van der Waals surface area contributed by atoms with Crippen molar-refractivity contribution in [3.05, 3.63) is 30.1 Å². The van der Waals surface area contributed by atoms with Crippen LogP contribution in [0.1, 0.15) is 10.4 Å². The van der Waals surface area contributed by atoms with Crippen LogP contribution in [0.5, 0.6) is 0 Å². The normalized spacial score (nSPS) is 17.1. The Kier molecular flexibility index (Phi) is 3.08. The molecule has 0 aliphatic carbocycles. The number of fused-ring (bicyclic) bond motifs is 1. The van der Waals surface area contributed by atoms with Crippen molar-refractivity contribution < 1.29 is 4.79 Å². The van der Waals surface area contributed by atoms with E-state index < -0.39 is 0 Å². The maximum absolute atomic E-state index is 12.2. The standard InChI is InChI=1S/C13H16N4O/c18-13(8-17-5-3-14-4-6-17)10-1-2-11-12(7-10)16-9-15-11/h1-2,7,9,14H,3-6,8H2,(H,15,16). The highest BCUT2D eigenvalue weighted by molar-refractivity contribution is 6.00. The van der Waals surface area contributed by atoms with E-state index in [0.29, 0.717) is 6.54 Å². The maximum atomic E-state index is 12.2. The Balaban J connectivity index is 1.74. The van der Waals surface area contributed by atoms with Crippen molar-refractivity contribution in [2.45, 2.75) is 0 Å². The number of hydrogen-bond acceptors (Lipinski definition) is 4. The molecule has 2 N–H and O–H groups in total. The fourth-order valence-electron chi connectivity index (χ4n) is 2.27. The van der Waals surface area contributed by atoms with Crippen LogP contribution >= 0.6 is 0 Å². The first-order valence-electron chi connectivity index (χ1n) is 6.22. The molecule has 2 heterocycles. The van der Waals surface area contributed by atoms with Crippen molar-refractivity contribution in [1.29, 1.82) is 0 Å². The molecule has 1 aromatic carbocycles. The quantitative estimate of drug-likeness (QED) is 0.778. The van der Waals surface area contributed by atoms with Crippen molar-refractivity contribution in [3.8, 4) is 0 Å². The number of aromatic nitrogens is 2. The molecule has 3 rings (SSSR count). The highest BCUT2D eigenvalue weighted by atomic mass is 16.1. The molecule has 0 saturated carbocycles. The third-order valence-corrected chi connectivity index (χ3v) is 3.32. The Morgan fingerprint density at radius 2 is 2.17 bits per heavy atom. The minimum Gasteiger partial charge on any atom is -0.345 e. The lowest BCUT2D eigenvalue weighted by molar-refractivity contribution is 0.0921. The predicted molar refractivity (Wildman–Crippen MR) is 69.7 cm³/mol. The summed E-state index contributed by atoms with van der Waals surface area (Å²) >= 11 is 0. The largest absolute Gasteiger partial charge is 0.345 e. The Bertz CT molecular complexity index is 557. The maximum Gasteiger partial charge on any atom is 0.176 e. The molecule has 94 valence electrons. The van der Waals surface area contributed by atoms with Crippen LogP contribution in [0, 0.1) is 0 Å². The van der Waals surface area contributed by atoms with E-state index in [1.54, 1.807) is 6.33 Å². The summed E-state index contributed by atoms with van der Waals surface area (Å²) in [5.74, 6) is 0.174. The third-order valence-electron chi connectivity index (χ3n) is 3.32. The van der Waals surface area contributed by atoms with Gasteiger partial charge in [-0.15, -0.1) is 0 Å². The Morgan fingerprint density at radius 3 is 3.00 bits per heavy atom. The first-order chi connectivity index (χ1) is 8.83. The summed E-state index contributed by atoms with van der Waals surface area (Å²) in [6.07, 6.45) is 1.65. The van der Waals surface area contributed by atoms with Gasteiger partial charge in [0, 0.05) is 31.7 Å². The summed E-state index contributed by atoms with van der Waals surface area (Å²) in [5, 5.41) is 3.28.